The molecular formula is C15H17N3O2. The van der Waals surface area contributed by atoms with Crippen molar-refractivity contribution in [1.29, 1.82) is 0 Å². The average molecular weight is 271 g/mol. The fourth-order valence-corrected chi connectivity index (χ4v) is 1.95. The van der Waals surface area contributed by atoms with Gasteiger partial charge < -0.3 is 15.8 Å². The molecule has 0 spiro atoms. The topological polar surface area (TPSA) is 77.2 Å². The van der Waals surface area contributed by atoms with Gasteiger partial charge in [0.05, 0.1) is 17.4 Å². The number of carbonyl (C=O) groups excluding carboxylic acids is 1. The first-order chi connectivity index (χ1) is 9.72. The molecule has 1 unspecified atom stereocenters. The molecule has 1 aromatic heterocycles. The molecule has 0 aliphatic rings. The second kappa shape index (κ2) is 6.68. The molecule has 5 nitrogen and oxygen atoms in total. The summed E-state index contributed by atoms with van der Waals surface area (Å²) in [6.07, 6.45) is 2.96. The summed E-state index contributed by atoms with van der Waals surface area (Å²) < 4.78 is 5.46. The van der Waals surface area contributed by atoms with Gasteiger partial charge in [-0.15, -0.1) is 0 Å². The molecule has 0 aliphatic heterocycles. The van der Waals surface area contributed by atoms with Crippen LogP contribution >= 0.6 is 0 Å². The molecule has 0 bridgehead atoms. The third kappa shape index (κ3) is 3.33. The van der Waals surface area contributed by atoms with Gasteiger partial charge in [0, 0.05) is 26.0 Å². The Balaban J connectivity index is 2.10. The van der Waals surface area contributed by atoms with Gasteiger partial charge in [0.1, 0.15) is 0 Å². The quantitative estimate of drug-likeness (QED) is 0.842. The van der Waals surface area contributed by atoms with E-state index in [4.69, 9.17) is 10.5 Å². The summed E-state index contributed by atoms with van der Waals surface area (Å²) in [7, 11) is 1.65. The van der Waals surface area contributed by atoms with Crippen LogP contribution in [0, 0.1) is 0 Å². The molecule has 1 amide bonds. The maximum atomic E-state index is 11.3. The van der Waals surface area contributed by atoms with Crippen molar-refractivity contribution in [3.63, 3.8) is 0 Å². The summed E-state index contributed by atoms with van der Waals surface area (Å²) in [5, 5.41) is 3.18. The fourth-order valence-electron chi connectivity index (χ4n) is 1.95. The molecule has 0 saturated heterocycles. The first-order valence-electron chi connectivity index (χ1n) is 6.27. The van der Waals surface area contributed by atoms with E-state index in [1.54, 1.807) is 19.4 Å². The predicted molar refractivity (Wildman–Crippen MR) is 77.4 cm³/mol. The van der Waals surface area contributed by atoms with Gasteiger partial charge in [-0.05, 0) is 11.6 Å². The van der Waals surface area contributed by atoms with Gasteiger partial charge in [0.15, 0.2) is 0 Å². The summed E-state index contributed by atoms with van der Waals surface area (Å²) in [6, 6.07) is 11.6. The van der Waals surface area contributed by atoms with E-state index in [1.165, 1.54) is 6.20 Å². The lowest BCUT2D eigenvalue weighted by Crippen LogP contribution is -2.18. The zero-order chi connectivity index (χ0) is 14.4. The number of nitrogens with one attached hydrogen (secondary N) is 1. The van der Waals surface area contributed by atoms with Crippen molar-refractivity contribution in [2.24, 2.45) is 5.73 Å². The number of methoxy groups -OCH3 is 1. The summed E-state index contributed by atoms with van der Waals surface area (Å²) in [4.78, 5) is 15.2. The lowest BCUT2D eigenvalue weighted by Gasteiger charge is -2.18. The second-order valence-electron chi connectivity index (χ2n) is 4.30. The summed E-state index contributed by atoms with van der Waals surface area (Å²) in [6.45, 7) is 0.533. The van der Waals surface area contributed by atoms with Crippen LogP contribution in [0.15, 0.2) is 48.8 Å². The van der Waals surface area contributed by atoms with E-state index in [2.05, 4.69) is 10.3 Å². The van der Waals surface area contributed by atoms with Gasteiger partial charge >= 0.3 is 0 Å². The molecule has 0 radical (unpaired) electrons. The monoisotopic (exact) mass is 271 g/mol. The molecule has 1 atom stereocenters. The zero-order valence-corrected chi connectivity index (χ0v) is 11.2. The number of nitrogens with zero attached hydrogens (tertiary/aromatic N) is 1. The van der Waals surface area contributed by atoms with Crippen LogP contribution in [0.5, 0.6) is 0 Å². The minimum Gasteiger partial charge on any atom is -0.381 e. The standard InChI is InChI=1S/C15H17N3O2/c1-20-14(11-5-3-2-4-6-11)10-18-13-7-8-17-9-12(13)15(16)19/h2-9,14H,10H2,1H3,(H2,16,19)(H,17,18). The average Bonchev–Trinajstić information content (AvgIpc) is 2.49. The van der Waals surface area contributed by atoms with Crippen LogP contribution in [0.4, 0.5) is 5.69 Å². The molecular weight excluding hydrogens is 254 g/mol. The third-order valence-electron chi connectivity index (χ3n) is 3.02. The number of ether oxygens (including phenoxy) is 1. The Morgan fingerprint density at radius 2 is 2.10 bits per heavy atom. The van der Waals surface area contributed by atoms with Crippen molar-refractivity contribution in [3.05, 3.63) is 59.9 Å². The molecule has 3 N–H and O–H groups in total. The summed E-state index contributed by atoms with van der Waals surface area (Å²) in [5.41, 5.74) is 7.41. The number of rotatable bonds is 6. The Bertz CT molecular complexity index is 572. The van der Waals surface area contributed by atoms with Crippen molar-refractivity contribution in [2.45, 2.75) is 6.10 Å². The van der Waals surface area contributed by atoms with Gasteiger partial charge in [0.2, 0.25) is 0 Å². The Morgan fingerprint density at radius 1 is 1.35 bits per heavy atom. The number of carbonyl (C=O) groups is 1. The van der Waals surface area contributed by atoms with Crippen molar-refractivity contribution >= 4 is 11.6 Å². The summed E-state index contributed by atoms with van der Waals surface area (Å²) >= 11 is 0. The SMILES string of the molecule is COC(CNc1ccncc1C(N)=O)c1ccccc1. The van der Waals surface area contributed by atoms with Crippen molar-refractivity contribution in [1.82, 2.24) is 4.98 Å². The van der Waals surface area contributed by atoms with E-state index in [0.717, 1.165) is 5.56 Å². The zero-order valence-electron chi connectivity index (χ0n) is 11.2. The number of pyridine rings is 1. The minimum atomic E-state index is -0.505. The number of benzene rings is 1. The Morgan fingerprint density at radius 3 is 2.75 bits per heavy atom. The predicted octanol–water partition coefficient (Wildman–Crippen LogP) is 1.98. The van der Waals surface area contributed by atoms with Crippen LogP contribution in [0.3, 0.4) is 0 Å². The highest BCUT2D eigenvalue weighted by Crippen LogP contribution is 2.19. The van der Waals surface area contributed by atoms with Crippen LogP contribution in [0.2, 0.25) is 0 Å². The molecule has 0 saturated carbocycles. The van der Waals surface area contributed by atoms with Crippen molar-refractivity contribution in [3.8, 4) is 0 Å². The lowest BCUT2D eigenvalue weighted by atomic mass is 10.1. The van der Waals surface area contributed by atoms with Gasteiger partial charge in [-0.2, -0.15) is 0 Å². The molecule has 1 heterocycles. The molecule has 1 aromatic carbocycles. The van der Waals surface area contributed by atoms with Crippen LogP contribution < -0.4 is 11.1 Å². The molecule has 20 heavy (non-hydrogen) atoms. The van der Waals surface area contributed by atoms with E-state index in [1.807, 2.05) is 30.3 Å². The smallest absolute Gasteiger partial charge is 0.252 e. The Labute approximate surface area is 117 Å². The number of hydrogen-bond donors (Lipinski definition) is 2. The normalized spacial score (nSPS) is 11.8. The molecule has 104 valence electrons. The first-order valence-corrected chi connectivity index (χ1v) is 6.27. The third-order valence-corrected chi connectivity index (χ3v) is 3.02. The number of primary amides is 1. The first kappa shape index (κ1) is 14.0. The van der Waals surface area contributed by atoms with E-state index in [0.29, 0.717) is 17.8 Å². The van der Waals surface area contributed by atoms with Crippen LogP contribution in [-0.2, 0) is 4.74 Å². The molecule has 2 rings (SSSR count). The maximum Gasteiger partial charge on any atom is 0.252 e. The second-order valence-corrected chi connectivity index (χ2v) is 4.30. The number of amides is 1. The number of aromatic nitrogens is 1. The van der Waals surface area contributed by atoms with Gasteiger partial charge in [0.25, 0.3) is 5.91 Å². The van der Waals surface area contributed by atoms with Crippen molar-refractivity contribution in [2.75, 3.05) is 19.0 Å². The number of anilines is 1. The van der Waals surface area contributed by atoms with Crippen LogP contribution in [0.25, 0.3) is 0 Å². The lowest BCUT2D eigenvalue weighted by molar-refractivity contribution is 0.0999. The number of hydrogen-bond acceptors (Lipinski definition) is 4. The van der Waals surface area contributed by atoms with Crippen LogP contribution in [0.1, 0.15) is 22.0 Å². The van der Waals surface area contributed by atoms with Gasteiger partial charge in [-0.3, -0.25) is 9.78 Å². The van der Waals surface area contributed by atoms with Gasteiger partial charge in [-0.25, -0.2) is 0 Å². The highest BCUT2D eigenvalue weighted by Gasteiger charge is 2.12. The fraction of sp³-hybridized carbons (Fsp3) is 0.200. The highest BCUT2D eigenvalue weighted by atomic mass is 16.5. The molecule has 0 aliphatic carbocycles. The van der Waals surface area contributed by atoms with Crippen LogP contribution in [-0.4, -0.2) is 24.5 Å². The van der Waals surface area contributed by atoms with Gasteiger partial charge in [-0.1, -0.05) is 30.3 Å². The van der Waals surface area contributed by atoms with Crippen molar-refractivity contribution < 1.29 is 9.53 Å². The van der Waals surface area contributed by atoms with E-state index in [-0.39, 0.29) is 6.10 Å². The Kier molecular flexibility index (Phi) is 4.68. The largest absolute Gasteiger partial charge is 0.381 e. The summed E-state index contributed by atoms with van der Waals surface area (Å²) in [5.74, 6) is -0.505. The number of nitrogens with two attached hydrogens (primary N) is 1. The highest BCUT2D eigenvalue weighted by molar-refractivity contribution is 5.98. The Hall–Kier alpha value is -2.40. The molecule has 0 fully saturated rings. The minimum absolute atomic E-state index is 0.106. The van der Waals surface area contributed by atoms with E-state index < -0.39 is 5.91 Å². The molecule has 5 heteroatoms. The maximum absolute atomic E-state index is 11.3. The van der Waals surface area contributed by atoms with E-state index >= 15 is 0 Å². The molecule has 2 aromatic rings. The van der Waals surface area contributed by atoms with E-state index in [9.17, 15) is 4.79 Å².